The van der Waals surface area contributed by atoms with Gasteiger partial charge in [-0.3, -0.25) is 10.3 Å². The number of carbonyl (C=O) groups is 1. The summed E-state index contributed by atoms with van der Waals surface area (Å²) in [4.78, 5) is 15.5. The van der Waals surface area contributed by atoms with Gasteiger partial charge in [0.15, 0.2) is 0 Å². The molecule has 2 rings (SSSR count). The zero-order valence-electron chi connectivity index (χ0n) is 10.1. The Hall–Kier alpha value is -2.36. The molecule has 0 unspecified atom stereocenters. The number of carbonyl (C=O) groups excluding carboxylic acids is 1. The van der Waals surface area contributed by atoms with Crippen LogP contribution in [0.15, 0.2) is 48.8 Å². The van der Waals surface area contributed by atoms with Crippen molar-refractivity contribution in [3.05, 3.63) is 59.9 Å². The molecule has 1 aromatic carbocycles. The lowest BCUT2D eigenvalue weighted by Crippen LogP contribution is -2.14. The van der Waals surface area contributed by atoms with Crippen LogP contribution in [0.5, 0.6) is 0 Å². The Morgan fingerprint density at radius 2 is 2.11 bits per heavy atom. The highest BCUT2D eigenvalue weighted by atomic mass is 16.5. The predicted octanol–water partition coefficient (Wildman–Crippen LogP) is 3.14. The Morgan fingerprint density at radius 1 is 1.28 bits per heavy atom. The number of amides is 1. The van der Waals surface area contributed by atoms with Crippen molar-refractivity contribution in [3.63, 3.8) is 0 Å². The number of aromatic nitrogens is 1. The molecule has 0 aliphatic heterocycles. The number of aryl methyl sites for hydroxylation is 1. The smallest absolute Gasteiger partial charge is 0.411 e. The predicted molar refractivity (Wildman–Crippen MR) is 69.2 cm³/mol. The number of rotatable bonds is 3. The maximum Gasteiger partial charge on any atom is 0.411 e. The van der Waals surface area contributed by atoms with Gasteiger partial charge in [0.25, 0.3) is 0 Å². The van der Waals surface area contributed by atoms with Gasteiger partial charge in [-0.2, -0.15) is 0 Å². The largest absolute Gasteiger partial charge is 0.444 e. The van der Waals surface area contributed by atoms with Gasteiger partial charge in [0.1, 0.15) is 6.61 Å². The van der Waals surface area contributed by atoms with Crippen LogP contribution in [0.4, 0.5) is 10.5 Å². The van der Waals surface area contributed by atoms with Crippen LogP contribution in [0.1, 0.15) is 11.1 Å². The van der Waals surface area contributed by atoms with E-state index < -0.39 is 6.09 Å². The Morgan fingerprint density at radius 3 is 2.83 bits per heavy atom. The summed E-state index contributed by atoms with van der Waals surface area (Å²) in [5.74, 6) is 0. The highest BCUT2D eigenvalue weighted by molar-refractivity contribution is 5.85. The molecule has 92 valence electrons. The molecule has 18 heavy (non-hydrogen) atoms. The Bertz CT molecular complexity index is 526. The Labute approximate surface area is 106 Å². The maximum atomic E-state index is 11.6. The van der Waals surface area contributed by atoms with Gasteiger partial charge in [0, 0.05) is 23.6 Å². The molecule has 0 atom stereocenters. The molecule has 1 heterocycles. The fourth-order valence-corrected chi connectivity index (χ4v) is 1.49. The van der Waals surface area contributed by atoms with Crippen LogP contribution >= 0.6 is 0 Å². The number of pyridine rings is 1. The first-order valence-corrected chi connectivity index (χ1v) is 5.64. The number of hydrogen-bond donors (Lipinski definition) is 1. The number of ether oxygens (including phenoxy) is 1. The van der Waals surface area contributed by atoms with Crippen molar-refractivity contribution < 1.29 is 9.53 Å². The zero-order valence-corrected chi connectivity index (χ0v) is 10.1. The van der Waals surface area contributed by atoms with Crippen molar-refractivity contribution in [1.82, 2.24) is 4.98 Å². The first kappa shape index (κ1) is 12.1. The minimum absolute atomic E-state index is 0.214. The van der Waals surface area contributed by atoms with E-state index in [-0.39, 0.29) is 6.61 Å². The standard InChI is InChI=1S/C14H14N2O2/c1-11-5-2-3-7-13(11)16-14(17)18-10-12-6-4-8-15-9-12/h2-9H,10H2,1H3,(H,16,17). The zero-order chi connectivity index (χ0) is 12.8. The fraction of sp³-hybridized carbons (Fsp3) is 0.143. The summed E-state index contributed by atoms with van der Waals surface area (Å²) in [7, 11) is 0. The molecule has 1 N–H and O–H groups in total. The molecule has 4 heteroatoms. The SMILES string of the molecule is Cc1ccccc1NC(=O)OCc1cccnc1. The van der Waals surface area contributed by atoms with Crippen molar-refractivity contribution in [2.45, 2.75) is 13.5 Å². The monoisotopic (exact) mass is 242 g/mol. The van der Waals surface area contributed by atoms with Gasteiger partial charge >= 0.3 is 6.09 Å². The van der Waals surface area contributed by atoms with Crippen LogP contribution in [-0.4, -0.2) is 11.1 Å². The summed E-state index contributed by atoms with van der Waals surface area (Å²) in [5, 5.41) is 2.70. The lowest BCUT2D eigenvalue weighted by atomic mass is 10.2. The molecule has 2 aromatic rings. The van der Waals surface area contributed by atoms with Crippen LogP contribution in [0.3, 0.4) is 0 Å². The van der Waals surface area contributed by atoms with E-state index in [4.69, 9.17) is 4.74 Å². The Balaban J connectivity index is 1.88. The molecule has 0 saturated carbocycles. The van der Waals surface area contributed by atoms with Crippen molar-refractivity contribution in [3.8, 4) is 0 Å². The van der Waals surface area contributed by atoms with E-state index in [1.165, 1.54) is 0 Å². The third-order valence-electron chi connectivity index (χ3n) is 2.47. The van der Waals surface area contributed by atoms with E-state index in [1.807, 2.05) is 37.3 Å². The molecule has 4 nitrogen and oxygen atoms in total. The number of nitrogens with zero attached hydrogens (tertiary/aromatic N) is 1. The van der Waals surface area contributed by atoms with E-state index in [0.29, 0.717) is 0 Å². The number of anilines is 1. The first-order valence-electron chi connectivity index (χ1n) is 5.64. The summed E-state index contributed by atoms with van der Waals surface area (Å²) < 4.78 is 5.10. The van der Waals surface area contributed by atoms with E-state index >= 15 is 0 Å². The molecule has 0 fully saturated rings. The van der Waals surface area contributed by atoms with Crippen LogP contribution in [0.25, 0.3) is 0 Å². The highest BCUT2D eigenvalue weighted by Gasteiger charge is 2.05. The summed E-state index contributed by atoms with van der Waals surface area (Å²) in [6.07, 6.45) is 2.88. The lowest BCUT2D eigenvalue weighted by Gasteiger charge is -2.08. The molecule has 0 bridgehead atoms. The fourth-order valence-electron chi connectivity index (χ4n) is 1.49. The van der Waals surface area contributed by atoms with E-state index in [1.54, 1.807) is 18.5 Å². The van der Waals surface area contributed by atoms with E-state index in [2.05, 4.69) is 10.3 Å². The molecule has 0 radical (unpaired) electrons. The minimum atomic E-state index is -0.465. The summed E-state index contributed by atoms with van der Waals surface area (Å²) >= 11 is 0. The minimum Gasteiger partial charge on any atom is -0.444 e. The summed E-state index contributed by atoms with van der Waals surface area (Å²) in [6.45, 7) is 2.14. The number of hydrogen-bond acceptors (Lipinski definition) is 3. The Kier molecular flexibility index (Phi) is 3.91. The molecule has 0 spiro atoms. The van der Waals surface area contributed by atoms with Crippen molar-refractivity contribution >= 4 is 11.8 Å². The third-order valence-corrected chi connectivity index (χ3v) is 2.47. The number of nitrogens with one attached hydrogen (secondary N) is 1. The third kappa shape index (κ3) is 3.31. The topological polar surface area (TPSA) is 51.2 Å². The second kappa shape index (κ2) is 5.82. The quantitative estimate of drug-likeness (QED) is 0.899. The van der Waals surface area contributed by atoms with Gasteiger partial charge in [0.05, 0.1) is 0 Å². The molecule has 1 aromatic heterocycles. The van der Waals surface area contributed by atoms with Crippen molar-refractivity contribution in [2.24, 2.45) is 0 Å². The molecule has 0 saturated heterocycles. The normalized spacial score (nSPS) is 9.83. The van der Waals surface area contributed by atoms with Crippen LogP contribution in [-0.2, 0) is 11.3 Å². The molecule has 0 aliphatic carbocycles. The van der Waals surface area contributed by atoms with Gasteiger partial charge in [-0.1, -0.05) is 24.3 Å². The summed E-state index contributed by atoms with van der Waals surface area (Å²) in [6, 6.07) is 11.2. The molecule has 1 amide bonds. The van der Waals surface area contributed by atoms with Gasteiger partial charge in [-0.15, -0.1) is 0 Å². The average molecular weight is 242 g/mol. The van der Waals surface area contributed by atoms with Gasteiger partial charge in [0.2, 0.25) is 0 Å². The van der Waals surface area contributed by atoms with Crippen molar-refractivity contribution in [2.75, 3.05) is 5.32 Å². The molecular weight excluding hydrogens is 228 g/mol. The second-order valence-electron chi connectivity index (χ2n) is 3.88. The van der Waals surface area contributed by atoms with Crippen LogP contribution in [0, 0.1) is 6.92 Å². The second-order valence-corrected chi connectivity index (χ2v) is 3.88. The number of para-hydroxylation sites is 1. The molecule has 0 aliphatic rings. The van der Waals surface area contributed by atoms with E-state index in [9.17, 15) is 4.79 Å². The van der Waals surface area contributed by atoms with Crippen molar-refractivity contribution in [1.29, 1.82) is 0 Å². The number of benzene rings is 1. The van der Waals surface area contributed by atoms with Crippen LogP contribution < -0.4 is 5.32 Å². The maximum absolute atomic E-state index is 11.6. The van der Waals surface area contributed by atoms with E-state index in [0.717, 1.165) is 16.8 Å². The van der Waals surface area contributed by atoms with Gasteiger partial charge in [-0.25, -0.2) is 4.79 Å². The average Bonchev–Trinajstić information content (AvgIpc) is 2.40. The molecular formula is C14H14N2O2. The van der Waals surface area contributed by atoms with Gasteiger partial charge in [-0.05, 0) is 24.6 Å². The van der Waals surface area contributed by atoms with Gasteiger partial charge < -0.3 is 4.74 Å². The highest BCUT2D eigenvalue weighted by Crippen LogP contribution is 2.13. The summed E-state index contributed by atoms with van der Waals surface area (Å²) in [5.41, 5.74) is 2.61. The lowest BCUT2D eigenvalue weighted by molar-refractivity contribution is 0.155. The first-order chi connectivity index (χ1) is 8.75. The van der Waals surface area contributed by atoms with Crippen LogP contribution in [0.2, 0.25) is 0 Å².